The predicted molar refractivity (Wildman–Crippen MR) is 70.5 cm³/mol. The summed E-state index contributed by atoms with van der Waals surface area (Å²) in [7, 11) is 1.87. The Bertz CT molecular complexity index is 474. The lowest BCUT2D eigenvalue weighted by atomic mass is 9.99. The molecule has 0 saturated heterocycles. The van der Waals surface area contributed by atoms with Crippen LogP contribution < -0.4 is 5.32 Å². The number of benzene rings is 1. The predicted octanol–water partition coefficient (Wildman–Crippen LogP) is 0.750. The summed E-state index contributed by atoms with van der Waals surface area (Å²) in [6.07, 6.45) is 0. The average molecular weight is 283 g/mol. The molecule has 110 valence electrons. The third kappa shape index (κ3) is 6.50. The molecule has 0 aliphatic rings. The summed E-state index contributed by atoms with van der Waals surface area (Å²) >= 11 is 0. The molecule has 0 saturated carbocycles. The lowest BCUT2D eigenvalue weighted by Gasteiger charge is -2.08. The van der Waals surface area contributed by atoms with Crippen molar-refractivity contribution in [2.45, 2.75) is 19.4 Å². The summed E-state index contributed by atoms with van der Waals surface area (Å²) in [6.45, 7) is 2.46. The molecule has 1 rings (SSSR count). The molecular formula is C13H17NO6. The van der Waals surface area contributed by atoms with Gasteiger partial charge in [0.05, 0.1) is 5.92 Å². The third-order valence-corrected chi connectivity index (χ3v) is 2.39. The Labute approximate surface area is 115 Å². The van der Waals surface area contributed by atoms with Crippen LogP contribution in [0.4, 0.5) is 0 Å². The number of hydrogen-bond donors (Lipinski definition) is 4. The number of carboxylic acid groups (broad SMARTS) is 3. The number of aliphatic carboxylic acids is 3. The van der Waals surface area contributed by atoms with Crippen molar-refractivity contribution in [1.82, 2.24) is 5.32 Å². The molecule has 1 aromatic rings. The SMILES string of the molecule is CNCc1cccc(C(C)C(=O)O)c1.O=C(O)C(=O)O. The fourth-order valence-corrected chi connectivity index (χ4v) is 1.32. The maximum Gasteiger partial charge on any atom is 0.414 e. The zero-order valence-electron chi connectivity index (χ0n) is 11.2. The van der Waals surface area contributed by atoms with Crippen LogP contribution >= 0.6 is 0 Å². The first kappa shape index (κ1) is 17.6. The van der Waals surface area contributed by atoms with Crippen LogP contribution in [0.1, 0.15) is 24.0 Å². The van der Waals surface area contributed by atoms with Gasteiger partial charge in [-0.3, -0.25) is 4.79 Å². The van der Waals surface area contributed by atoms with Gasteiger partial charge in [-0.2, -0.15) is 0 Å². The minimum atomic E-state index is -1.82. The molecule has 0 spiro atoms. The van der Waals surface area contributed by atoms with Crippen molar-refractivity contribution in [3.8, 4) is 0 Å². The number of carboxylic acids is 3. The van der Waals surface area contributed by atoms with E-state index in [1.54, 1.807) is 6.92 Å². The molecule has 1 unspecified atom stereocenters. The van der Waals surface area contributed by atoms with Crippen molar-refractivity contribution in [1.29, 1.82) is 0 Å². The number of hydrogen-bond acceptors (Lipinski definition) is 4. The van der Waals surface area contributed by atoms with Crippen LogP contribution in [0.25, 0.3) is 0 Å². The molecule has 7 heteroatoms. The van der Waals surface area contributed by atoms with Crippen molar-refractivity contribution < 1.29 is 29.7 Å². The van der Waals surface area contributed by atoms with E-state index in [1.165, 1.54) is 0 Å². The van der Waals surface area contributed by atoms with Crippen LogP contribution in [-0.4, -0.2) is 40.3 Å². The van der Waals surface area contributed by atoms with Gasteiger partial charge >= 0.3 is 17.9 Å². The van der Waals surface area contributed by atoms with Gasteiger partial charge in [0.2, 0.25) is 0 Å². The van der Waals surface area contributed by atoms with Gasteiger partial charge in [0.1, 0.15) is 0 Å². The van der Waals surface area contributed by atoms with E-state index in [0.29, 0.717) is 0 Å². The minimum Gasteiger partial charge on any atom is -0.481 e. The molecule has 1 aromatic carbocycles. The van der Waals surface area contributed by atoms with Gasteiger partial charge in [0.15, 0.2) is 0 Å². The van der Waals surface area contributed by atoms with Crippen molar-refractivity contribution in [3.05, 3.63) is 35.4 Å². The summed E-state index contributed by atoms with van der Waals surface area (Å²) in [5.41, 5.74) is 1.96. The summed E-state index contributed by atoms with van der Waals surface area (Å²) in [5.74, 6) is -4.87. The van der Waals surface area contributed by atoms with Crippen molar-refractivity contribution in [2.75, 3.05) is 7.05 Å². The van der Waals surface area contributed by atoms with Crippen LogP contribution in [0.5, 0.6) is 0 Å². The van der Waals surface area contributed by atoms with Gasteiger partial charge in [0.25, 0.3) is 0 Å². The van der Waals surface area contributed by atoms with Crippen LogP contribution in [0.15, 0.2) is 24.3 Å². The Morgan fingerprint density at radius 2 is 1.70 bits per heavy atom. The molecule has 0 heterocycles. The van der Waals surface area contributed by atoms with Gasteiger partial charge in [0, 0.05) is 6.54 Å². The molecule has 0 aliphatic heterocycles. The summed E-state index contributed by atoms with van der Waals surface area (Å²) in [6, 6.07) is 7.64. The van der Waals surface area contributed by atoms with E-state index in [1.807, 2.05) is 31.3 Å². The average Bonchev–Trinajstić information content (AvgIpc) is 2.39. The molecule has 20 heavy (non-hydrogen) atoms. The number of carbonyl (C=O) groups is 3. The molecule has 0 aromatic heterocycles. The highest BCUT2D eigenvalue weighted by atomic mass is 16.4. The van der Waals surface area contributed by atoms with Crippen molar-refractivity contribution in [3.63, 3.8) is 0 Å². The molecule has 1 atom stereocenters. The Balaban J connectivity index is 0.000000511. The van der Waals surface area contributed by atoms with E-state index in [2.05, 4.69) is 5.32 Å². The molecule has 4 N–H and O–H groups in total. The number of rotatable bonds is 4. The fourth-order valence-electron chi connectivity index (χ4n) is 1.32. The Morgan fingerprint density at radius 3 is 2.10 bits per heavy atom. The molecule has 0 fully saturated rings. The van der Waals surface area contributed by atoms with Gasteiger partial charge in [-0.05, 0) is 25.1 Å². The van der Waals surface area contributed by atoms with Crippen LogP contribution in [0.2, 0.25) is 0 Å². The van der Waals surface area contributed by atoms with E-state index in [0.717, 1.165) is 17.7 Å². The third-order valence-electron chi connectivity index (χ3n) is 2.39. The van der Waals surface area contributed by atoms with Gasteiger partial charge < -0.3 is 20.6 Å². The monoisotopic (exact) mass is 283 g/mol. The first-order valence-electron chi connectivity index (χ1n) is 5.72. The summed E-state index contributed by atoms with van der Waals surface area (Å²) in [5, 5.41) is 26.7. The topological polar surface area (TPSA) is 124 Å². The summed E-state index contributed by atoms with van der Waals surface area (Å²) in [4.78, 5) is 29.0. The zero-order chi connectivity index (χ0) is 15.7. The van der Waals surface area contributed by atoms with Crippen LogP contribution in [0, 0.1) is 0 Å². The lowest BCUT2D eigenvalue weighted by Crippen LogP contribution is -2.09. The van der Waals surface area contributed by atoms with Crippen LogP contribution in [-0.2, 0) is 20.9 Å². The Kier molecular flexibility index (Phi) is 7.61. The maximum absolute atomic E-state index is 10.8. The maximum atomic E-state index is 10.8. The normalized spacial score (nSPS) is 10.9. The smallest absolute Gasteiger partial charge is 0.414 e. The summed E-state index contributed by atoms with van der Waals surface area (Å²) < 4.78 is 0. The molecule has 0 amide bonds. The van der Waals surface area contributed by atoms with Crippen LogP contribution in [0.3, 0.4) is 0 Å². The van der Waals surface area contributed by atoms with E-state index < -0.39 is 23.8 Å². The number of nitrogens with one attached hydrogen (secondary N) is 1. The first-order chi connectivity index (χ1) is 9.29. The Morgan fingerprint density at radius 1 is 1.15 bits per heavy atom. The molecule has 0 aliphatic carbocycles. The van der Waals surface area contributed by atoms with E-state index >= 15 is 0 Å². The van der Waals surface area contributed by atoms with Gasteiger partial charge in [-0.25, -0.2) is 9.59 Å². The highest BCUT2D eigenvalue weighted by molar-refractivity contribution is 6.27. The lowest BCUT2D eigenvalue weighted by molar-refractivity contribution is -0.159. The van der Waals surface area contributed by atoms with Crippen molar-refractivity contribution in [2.24, 2.45) is 0 Å². The van der Waals surface area contributed by atoms with E-state index in [9.17, 15) is 4.79 Å². The highest BCUT2D eigenvalue weighted by Crippen LogP contribution is 2.16. The van der Waals surface area contributed by atoms with E-state index in [4.69, 9.17) is 24.9 Å². The molecule has 7 nitrogen and oxygen atoms in total. The van der Waals surface area contributed by atoms with Crippen molar-refractivity contribution >= 4 is 17.9 Å². The highest BCUT2D eigenvalue weighted by Gasteiger charge is 2.13. The molecule has 0 bridgehead atoms. The van der Waals surface area contributed by atoms with Gasteiger partial charge in [-0.1, -0.05) is 24.3 Å². The second kappa shape index (κ2) is 8.65. The minimum absolute atomic E-state index is 0.438. The quantitative estimate of drug-likeness (QED) is 0.601. The molecule has 0 radical (unpaired) electrons. The fraction of sp³-hybridized carbons (Fsp3) is 0.308. The van der Waals surface area contributed by atoms with E-state index in [-0.39, 0.29) is 0 Å². The molecular weight excluding hydrogens is 266 g/mol. The zero-order valence-corrected chi connectivity index (χ0v) is 11.2. The van der Waals surface area contributed by atoms with Gasteiger partial charge in [-0.15, -0.1) is 0 Å². The second-order valence-corrected chi connectivity index (χ2v) is 3.95. The standard InChI is InChI=1S/C11H15NO2.C2H2O4/c1-8(11(13)14)10-5-3-4-9(6-10)7-12-2;3-1(4)2(5)6/h3-6,8,12H,7H2,1-2H3,(H,13,14);(H,3,4)(H,5,6). The second-order valence-electron chi connectivity index (χ2n) is 3.95. The first-order valence-corrected chi connectivity index (χ1v) is 5.72. The Hall–Kier alpha value is -2.41. The largest absolute Gasteiger partial charge is 0.481 e.